The minimum absolute atomic E-state index is 0.193. The molecule has 0 aliphatic carbocycles. The summed E-state index contributed by atoms with van der Waals surface area (Å²) in [5.74, 6) is 0.172. The maximum Gasteiger partial charge on any atom is 0.273 e. The number of nitrogens with zero attached hydrogens (tertiary/aromatic N) is 3. The summed E-state index contributed by atoms with van der Waals surface area (Å²) in [4.78, 5) is 12.2. The summed E-state index contributed by atoms with van der Waals surface area (Å²) < 4.78 is 20.2. The van der Waals surface area contributed by atoms with Crippen LogP contribution < -0.4 is 10.1 Å². The van der Waals surface area contributed by atoms with E-state index in [4.69, 9.17) is 4.74 Å². The number of aromatic nitrogens is 3. The van der Waals surface area contributed by atoms with Crippen LogP contribution in [0.2, 0.25) is 0 Å². The molecule has 134 valence electrons. The van der Waals surface area contributed by atoms with Crippen LogP contribution in [-0.2, 0) is 6.54 Å². The fourth-order valence-electron chi connectivity index (χ4n) is 2.41. The number of ether oxygens (including phenoxy) is 1. The zero-order valence-corrected chi connectivity index (χ0v) is 14.6. The first kappa shape index (κ1) is 17.6. The Labute approximate surface area is 150 Å². The summed E-state index contributed by atoms with van der Waals surface area (Å²) in [5.41, 5.74) is 2.28. The van der Waals surface area contributed by atoms with Crippen molar-refractivity contribution in [3.8, 4) is 11.4 Å². The normalized spacial score (nSPS) is 10.6. The van der Waals surface area contributed by atoms with Gasteiger partial charge in [0, 0.05) is 6.54 Å². The molecule has 0 bridgehead atoms. The number of carbonyl (C=O) groups excluding carboxylic acids is 1. The Balaban J connectivity index is 1.63. The number of rotatable bonds is 6. The molecule has 0 aliphatic heterocycles. The molecule has 6 nitrogen and oxygen atoms in total. The molecule has 0 radical (unpaired) electrons. The van der Waals surface area contributed by atoms with Crippen molar-refractivity contribution in [1.29, 1.82) is 0 Å². The molecule has 0 atom stereocenters. The van der Waals surface area contributed by atoms with Crippen LogP contribution in [0, 0.1) is 12.7 Å². The van der Waals surface area contributed by atoms with Crippen molar-refractivity contribution in [2.75, 3.05) is 6.61 Å². The first-order chi connectivity index (χ1) is 12.6. The first-order valence-corrected chi connectivity index (χ1v) is 8.25. The lowest BCUT2D eigenvalue weighted by Gasteiger charge is -2.06. The monoisotopic (exact) mass is 354 g/mol. The second kappa shape index (κ2) is 7.77. The van der Waals surface area contributed by atoms with E-state index in [2.05, 4.69) is 15.6 Å². The van der Waals surface area contributed by atoms with Gasteiger partial charge in [-0.25, -0.2) is 9.07 Å². The highest BCUT2D eigenvalue weighted by atomic mass is 19.1. The summed E-state index contributed by atoms with van der Waals surface area (Å²) in [6.45, 7) is 4.57. The van der Waals surface area contributed by atoms with Crippen molar-refractivity contribution in [2.24, 2.45) is 0 Å². The van der Waals surface area contributed by atoms with E-state index in [0.29, 0.717) is 24.4 Å². The van der Waals surface area contributed by atoms with Gasteiger partial charge in [-0.3, -0.25) is 4.79 Å². The summed E-state index contributed by atoms with van der Waals surface area (Å²) >= 11 is 0. The van der Waals surface area contributed by atoms with Crippen LogP contribution in [0.4, 0.5) is 4.39 Å². The average Bonchev–Trinajstić information content (AvgIpc) is 3.14. The lowest BCUT2D eigenvalue weighted by Crippen LogP contribution is -2.23. The SMILES string of the molecule is CCOc1ccc(CNC(=O)c2cn(-c3ccc(F)c(C)c3)nn2)cc1. The average molecular weight is 354 g/mol. The smallest absolute Gasteiger partial charge is 0.273 e. The number of hydrogen-bond acceptors (Lipinski definition) is 4. The zero-order valence-electron chi connectivity index (χ0n) is 14.6. The lowest BCUT2D eigenvalue weighted by atomic mass is 10.2. The van der Waals surface area contributed by atoms with E-state index >= 15 is 0 Å². The number of benzene rings is 2. The van der Waals surface area contributed by atoms with Crippen molar-refractivity contribution in [3.63, 3.8) is 0 Å². The van der Waals surface area contributed by atoms with Gasteiger partial charge in [0.25, 0.3) is 5.91 Å². The molecule has 2 aromatic carbocycles. The number of halogens is 1. The third-order valence-corrected chi connectivity index (χ3v) is 3.82. The maximum atomic E-state index is 13.4. The Morgan fingerprint density at radius 3 is 2.69 bits per heavy atom. The van der Waals surface area contributed by atoms with E-state index in [1.54, 1.807) is 19.1 Å². The Bertz CT molecular complexity index is 906. The molecule has 1 amide bonds. The number of amides is 1. The van der Waals surface area contributed by atoms with Crippen molar-refractivity contribution in [3.05, 3.63) is 71.3 Å². The Morgan fingerprint density at radius 1 is 1.23 bits per heavy atom. The zero-order chi connectivity index (χ0) is 18.5. The predicted molar refractivity (Wildman–Crippen MR) is 94.8 cm³/mol. The van der Waals surface area contributed by atoms with Crippen LogP contribution in [0.15, 0.2) is 48.7 Å². The maximum absolute atomic E-state index is 13.4. The number of aryl methyl sites for hydroxylation is 1. The van der Waals surface area contributed by atoms with Gasteiger partial charge in [0.2, 0.25) is 0 Å². The minimum Gasteiger partial charge on any atom is -0.494 e. The predicted octanol–water partition coefficient (Wildman–Crippen LogP) is 3.04. The molecule has 0 unspecified atom stereocenters. The molecule has 7 heteroatoms. The third-order valence-electron chi connectivity index (χ3n) is 3.82. The molecule has 3 aromatic rings. The topological polar surface area (TPSA) is 69.0 Å². The standard InChI is InChI=1S/C19H19FN4O2/c1-3-26-16-7-4-14(5-8-16)11-21-19(25)18-12-24(23-22-18)15-6-9-17(20)13(2)10-15/h4-10,12H,3,11H2,1-2H3,(H,21,25). The van der Waals surface area contributed by atoms with E-state index < -0.39 is 0 Å². The van der Waals surface area contributed by atoms with Gasteiger partial charge in [-0.1, -0.05) is 17.3 Å². The summed E-state index contributed by atoms with van der Waals surface area (Å²) in [6, 6.07) is 12.1. The van der Waals surface area contributed by atoms with Crippen molar-refractivity contribution < 1.29 is 13.9 Å². The van der Waals surface area contributed by atoms with Gasteiger partial charge in [0.1, 0.15) is 11.6 Å². The molecule has 0 aliphatic rings. The molecule has 1 N–H and O–H groups in total. The van der Waals surface area contributed by atoms with Gasteiger partial charge in [-0.2, -0.15) is 0 Å². The number of hydrogen-bond donors (Lipinski definition) is 1. The highest BCUT2D eigenvalue weighted by molar-refractivity contribution is 5.91. The van der Waals surface area contributed by atoms with Crippen LogP contribution in [0.1, 0.15) is 28.5 Å². The minimum atomic E-state index is -0.330. The molecule has 0 fully saturated rings. The molecule has 1 aromatic heterocycles. The lowest BCUT2D eigenvalue weighted by molar-refractivity contribution is 0.0946. The fourth-order valence-corrected chi connectivity index (χ4v) is 2.41. The highest BCUT2D eigenvalue weighted by Gasteiger charge is 2.12. The quantitative estimate of drug-likeness (QED) is 0.739. The van der Waals surface area contributed by atoms with E-state index in [0.717, 1.165) is 11.3 Å². The summed E-state index contributed by atoms with van der Waals surface area (Å²) in [5, 5.41) is 10.6. The number of nitrogens with one attached hydrogen (secondary N) is 1. The van der Waals surface area contributed by atoms with Crippen LogP contribution >= 0.6 is 0 Å². The molecule has 0 saturated heterocycles. The van der Waals surface area contributed by atoms with Gasteiger partial charge < -0.3 is 10.1 Å². The van der Waals surface area contributed by atoms with Crippen LogP contribution in [0.25, 0.3) is 5.69 Å². The van der Waals surface area contributed by atoms with Gasteiger partial charge in [0.05, 0.1) is 18.5 Å². The van der Waals surface area contributed by atoms with E-state index in [1.165, 1.54) is 16.9 Å². The second-order valence-electron chi connectivity index (χ2n) is 5.74. The second-order valence-corrected chi connectivity index (χ2v) is 5.74. The summed E-state index contributed by atoms with van der Waals surface area (Å²) in [7, 11) is 0. The molecule has 0 spiro atoms. The first-order valence-electron chi connectivity index (χ1n) is 8.25. The van der Waals surface area contributed by atoms with Gasteiger partial charge >= 0.3 is 0 Å². The van der Waals surface area contributed by atoms with Gasteiger partial charge in [-0.05, 0) is 55.3 Å². The Hall–Kier alpha value is -3.22. The van der Waals surface area contributed by atoms with Crippen molar-refractivity contribution >= 4 is 5.91 Å². The third kappa shape index (κ3) is 4.05. The molecule has 26 heavy (non-hydrogen) atoms. The molecule has 1 heterocycles. The van der Waals surface area contributed by atoms with E-state index in [-0.39, 0.29) is 17.4 Å². The Kier molecular flexibility index (Phi) is 5.26. The van der Waals surface area contributed by atoms with Crippen LogP contribution in [0.5, 0.6) is 5.75 Å². The van der Waals surface area contributed by atoms with E-state index in [1.807, 2.05) is 31.2 Å². The number of carbonyl (C=O) groups is 1. The largest absolute Gasteiger partial charge is 0.494 e. The van der Waals surface area contributed by atoms with Crippen molar-refractivity contribution in [1.82, 2.24) is 20.3 Å². The van der Waals surface area contributed by atoms with Gasteiger partial charge in [0.15, 0.2) is 5.69 Å². The van der Waals surface area contributed by atoms with Crippen LogP contribution in [0.3, 0.4) is 0 Å². The highest BCUT2D eigenvalue weighted by Crippen LogP contribution is 2.14. The van der Waals surface area contributed by atoms with Crippen LogP contribution in [-0.4, -0.2) is 27.5 Å². The molecular weight excluding hydrogens is 335 g/mol. The molecule has 3 rings (SSSR count). The molecular formula is C19H19FN4O2. The van der Waals surface area contributed by atoms with E-state index in [9.17, 15) is 9.18 Å². The summed E-state index contributed by atoms with van der Waals surface area (Å²) in [6.07, 6.45) is 1.51. The van der Waals surface area contributed by atoms with Crippen molar-refractivity contribution in [2.45, 2.75) is 20.4 Å². The van der Waals surface area contributed by atoms with Gasteiger partial charge in [-0.15, -0.1) is 5.10 Å². The fraction of sp³-hybridized carbons (Fsp3) is 0.211. The Morgan fingerprint density at radius 2 is 2.00 bits per heavy atom. The molecule has 0 saturated carbocycles.